The van der Waals surface area contributed by atoms with Gasteiger partial charge >= 0.3 is 0 Å². The van der Waals surface area contributed by atoms with Crippen molar-refractivity contribution in [3.63, 3.8) is 0 Å². The number of ketones is 1. The van der Waals surface area contributed by atoms with Crippen molar-refractivity contribution in [2.75, 3.05) is 37.8 Å². The number of thioether (sulfide) groups is 1. The second-order valence-electron chi connectivity index (χ2n) is 14.0. The van der Waals surface area contributed by atoms with E-state index in [9.17, 15) is 72.6 Å². The number of nitrogens with one attached hydrogen (secondary N) is 2. The zero-order chi connectivity index (χ0) is 45.9. The van der Waals surface area contributed by atoms with Crippen molar-refractivity contribution in [1.29, 1.82) is 0 Å². The highest BCUT2D eigenvalue weighted by atomic mass is 32.2. The molecular formula is C30H43N7O20P3S-5. The summed E-state index contributed by atoms with van der Waals surface area (Å²) in [6.45, 7) is 1.38. The monoisotopic (exact) mass is 946 g/mol. The van der Waals surface area contributed by atoms with E-state index in [2.05, 4.69) is 43.5 Å². The summed E-state index contributed by atoms with van der Waals surface area (Å²) in [5.41, 5.74) is 3.99. The first-order valence-corrected chi connectivity index (χ1v) is 23.3. The largest absolute Gasteiger partial charge is 0.790 e. The number of anilines is 1. The molecule has 1 aliphatic heterocycles. The summed E-state index contributed by atoms with van der Waals surface area (Å²) in [5, 5.41) is 36.4. The first kappa shape index (κ1) is 52.0. The van der Waals surface area contributed by atoms with E-state index >= 15 is 0 Å². The van der Waals surface area contributed by atoms with E-state index in [1.165, 1.54) is 13.8 Å². The molecule has 6 N–H and O–H groups in total. The Hall–Kier alpha value is -3.30. The van der Waals surface area contributed by atoms with Crippen LogP contribution in [-0.4, -0.2) is 115 Å². The van der Waals surface area contributed by atoms with E-state index in [1.54, 1.807) is 6.92 Å². The number of aromatic nitrogens is 4. The quantitative estimate of drug-likeness (QED) is 0.0439. The van der Waals surface area contributed by atoms with Crippen LogP contribution in [0.4, 0.5) is 5.82 Å². The van der Waals surface area contributed by atoms with Crippen LogP contribution in [0.2, 0.25) is 0 Å². The second kappa shape index (κ2) is 22.4. The Labute approximate surface area is 350 Å². The summed E-state index contributed by atoms with van der Waals surface area (Å²) >= 11 is 0.915. The topological polar surface area (TPSA) is 432 Å². The van der Waals surface area contributed by atoms with Gasteiger partial charge in [0.1, 0.15) is 42.0 Å². The summed E-state index contributed by atoms with van der Waals surface area (Å²) in [4.78, 5) is 119. The number of aliphatic carboxylic acids is 1. The molecular weight excluding hydrogens is 903 g/mol. The molecule has 0 aromatic carbocycles. The molecule has 3 rings (SSSR count). The lowest BCUT2D eigenvalue weighted by Gasteiger charge is -2.36. The van der Waals surface area contributed by atoms with Gasteiger partial charge in [-0.25, -0.2) is 19.3 Å². The molecule has 27 nitrogen and oxygen atoms in total. The number of rotatable bonds is 26. The van der Waals surface area contributed by atoms with E-state index in [0.29, 0.717) is 0 Å². The maximum absolute atomic E-state index is 12.6. The zero-order valence-corrected chi connectivity index (χ0v) is 36.0. The van der Waals surface area contributed by atoms with E-state index < -0.39 is 103 Å². The molecule has 8 atom stereocenters. The lowest BCUT2D eigenvalue weighted by Crippen LogP contribution is -2.46. The molecule has 61 heavy (non-hydrogen) atoms. The Morgan fingerprint density at radius 3 is 2.33 bits per heavy atom. The molecule has 3 heterocycles. The Morgan fingerprint density at radius 1 is 1.00 bits per heavy atom. The van der Waals surface area contributed by atoms with Crippen molar-refractivity contribution in [2.45, 2.75) is 83.5 Å². The van der Waals surface area contributed by atoms with Crippen LogP contribution in [0.5, 0.6) is 0 Å². The first-order valence-electron chi connectivity index (χ1n) is 17.9. The lowest BCUT2D eigenvalue weighted by atomic mass is 9.87. The molecule has 31 heteroatoms. The average molecular weight is 947 g/mol. The van der Waals surface area contributed by atoms with Gasteiger partial charge in [0, 0.05) is 55.4 Å². The molecule has 3 unspecified atom stereocenters. The number of aliphatic hydroxyl groups excluding tert-OH is 2. The number of nitrogens with two attached hydrogens (primary N) is 1. The molecule has 1 aliphatic rings. The van der Waals surface area contributed by atoms with Crippen molar-refractivity contribution < 1.29 is 95.2 Å². The Balaban J connectivity index is 1.42. The molecule has 2 amide bonds. The summed E-state index contributed by atoms with van der Waals surface area (Å²) in [7, 11) is -17.7. The van der Waals surface area contributed by atoms with Gasteiger partial charge in [0.15, 0.2) is 22.8 Å². The third kappa shape index (κ3) is 16.7. The Morgan fingerprint density at radius 2 is 1.67 bits per heavy atom. The number of fused-ring (bicyclic) bond motifs is 1. The number of aliphatic hydroxyl groups is 2. The number of carboxylic acid groups (broad SMARTS) is 1. The van der Waals surface area contributed by atoms with Crippen LogP contribution in [0.15, 0.2) is 12.7 Å². The van der Waals surface area contributed by atoms with Crippen molar-refractivity contribution in [3.05, 3.63) is 12.7 Å². The second-order valence-corrected chi connectivity index (χ2v) is 19.2. The van der Waals surface area contributed by atoms with Crippen LogP contribution in [0.1, 0.15) is 59.1 Å². The molecule has 0 radical (unpaired) electrons. The summed E-state index contributed by atoms with van der Waals surface area (Å²) in [6, 6.07) is 0. The van der Waals surface area contributed by atoms with Gasteiger partial charge in [-0.2, -0.15) is 0 Å². The van der Waals surface area contributed by atoms with Gasteiger partial charge in [-0.3, -0.25) is 32.9 Å². The van der Waals surface area contributed by atoms with E-state index in [4.69, 9.17) is 10.5 Å². The highest BCUT2D eigenvalue weighted by molar-refractivity contribution is 8.13. The van der Waals surface area contributed by atoms with Crippen LogP contribution < -0.4 is 41.0 Å². The van der Waals surface area contributed by atoms with E-state index in [0.717, 1.165) is 29.0 Å². The van der Waals surface area contributed by atoms with Crippen LogP contribution in [-0.2, 0) is 60.3 Å². The fraction of sp³-hybridized carbons (Fsp3) is 0.667. The summed E-state index contributed by atoms with van der Waals surface area (Å²) < 4.78 is 60.5. The molecule has 2 aromatic heterocycles. The summed E-state index contributed by atoms with van der Waals surface area (Å²) in [5.74, 6) is -3.64. The minimum atomic E-state index is -5.94. The number of amides is 2. The molecule has 1 fully saturated rings. The fourth-order valence-electron chi connectivity index (χ4n) is 5.31. The lowest BCUT2D eigenvalue weighted by molar-refractivity contribution is -0.347. The van der Waals surface area contributed by atoms with Gasteiger partial charge in [0.05, 0.1) is 27.4 Å². The molecule has 0 saturated carbocycles. The number of nitrogen functional groups attached to an aromatic ring is 1. The number of hydrogen-bond donors (Lipinski definition) is 5. The SMILES string of the molecule is CC(CCC(=O)SCCNC(=O)CCNC(=O)[C@H](O)C(C)(C)COP(=O)([O-])OP(=O)([O-])OC[C@H]1O[C@@H](n2cnc3c(N)ncnc32)[C@H](O)[C@@H]1OP(=O)([O-])[O-])C(=O)CCC(=O)[O-]. The maximum Gasteiger partial charge on any atom is 0.274 e. The zero-order valence-electron chi connectivity index (χ0n) is 32.5. The molecule has 344 valence electrons. The number of ether oxygens (including phenoxy) is 1. The van der Waals surface area contributed by atoms with Crippen molar-refractivity contribution in [3.8, 4) is 0 Å². The van der Waals surface area contributed by atoms with Crippen molar-refractivity contribution in [1.82, 2.24) is 30.2 Å². The highest BCUT2D eigenvalue weighted by Crippen LogP contribution is 2.56. The van der Waals surface area contributed by atoms with E-state index in [-0.39, 0.29) is 72.4 Å². The number of carboxylic acids is 1. The van der Waals surface area contributed by atoms with Crippen molar-refractivity contribution >= 4 is 80.9 Å². The molecule has 0 spiro atoms. The maximum atomic E-state index is 12.6. The number of carbonyl (C=O) groups is 5. The minimum Gasteiger partial charge on any atom is -0.790 e. The number of Topliss-reactive ketones (excluding diaryl/α,β-unsaturated/α-hetero) is 1. The fourth-order valence-corrected chi connectivity index (χ4v) is 8.74. The van der Waals surface area contributed by atoms with E-state index in [1.807, 2.05) is 0 Å². The predicted octanol–water partition coefficient (Wildman–Crippen LogP) is -4.35. The third-order valence-electron chi connectivity index (χ3n) is 8.65. The number of imidazole rings is 1. The average Bonchev–Trinajstić information content (AvgIpc) is 3.72. The minimum absolute atomic E-state index is 0.0290. The third-order valence-corrected chi connectivity index (χ3v) is 12.6. The number of phosphoric ester groups is 3. The Kier molecular flexibility index (Phi) is 19.1. The predicted molar refractivity (Wildman–Crippen MR) is 196 cm³/mol. The smallest absolute Gasteiger partial charge is 0.274 e. The molecule has 2 aromatic rings. The van der Waals surface area contributed by atoms with Gasteiger partial charge in [0.2, 0.25) is 11.8 Å². The Bertz CT molecular complexity index is 2040. The van der Waals surface area contributed by atoms with Gasteiger partial charge in [-0.15, -0.1) is 0 Å². The normalized spacial score (nSPS) is 21.3. The first-order chi connectivity index (χ1) is 28.2. The number of phosphoric acid groups is 3. The van der Waals surface area contributed by atoms with Crippen molar-refractivity contribution in [2.24, 2.45) is 11.3 Å². The standard InChI is InChI=1S/C30H48N7O20P3S/c1-16(17(38)5-6-20(40)41)4-7-21(42)61-11-10-32-19(39)8-9-33-28(45)25(44)30(2,3)13-54-60(51,52)57-59(49,50)53-12-18-24(56-58(46,47)48)23(43)29(55-18)37-15-36-22-26(31)34-14-35-27(22)37/h14-16,18,23-25,29,43-44H,4-13H2,1-3H3,(H,32,39)(H,33,45)(H,40,41)(H,49,50)(H,51,52)(H2,31,34,35)(H2,46,47,48)/p-5/t16?,18-,23-,24-,25+,29-/m1/s1. The van der Waals surface area contributed by atoms with Gasteiger partial charge in [-0.05, 0) is 12.8 Å². The van der Waals surface area contributed by atoms with Crippen LogP contribution in [0, 0.1) is 11.3 Å². The molecule has 1 saturated heterocycles. The summed E-state index contributed by atoms with van der Waals surface area (Å²) in [6.07, 6.45) is -8.11. The van der Waals surface area contributed by atoms with Gasteiger partial charge in [-0.1, -0.05) is 32.5 Å². The number of hydrogen-bond acceptors (Lipinski definition) is 25. The van der Waals surface area contributed by atoms with Gasteiger partial charge < -0.3 is 78.9 Å². The van der Waals surface area contributed by atoms with Crippen LogP contribution in [0.25, 0.3) is 11.2 Å². The molecule has 0 aliphatic carbocycles. The number of nitrogens with zero attached hydrogens (tertiary/aromatic N) is 4. The molecule has 0 bridgehead atoms. The highest BCUT2D eigenvalue weighted by Gasteiger charge is 2.47. The van der Waals surface area contributed by atoms with Gasteiger partial charge in [0.25, 0.3) is 15.6 Å². The van der Waals surface area contributed by atoms with Crippen LogP contribution >= 0.6 is 35.2 Å². The van der Waals surface area contributed by atoms with Crippen LogP contribution in [0.3, 0.4) is 0 Å². The number of carbonyl (C=O) groups excluding carboxylic acids is 5.